The highest BCUT2D eigenvalue weighted by atomic mass is 28.5. The van der Waals surface area contributed by atoms with Gasteiger partial charge in [0.05, 0.1) is 197 Å². The second-order valence-corrected chi connectivity index (χ2v) is 63.0. The van der Waals surface area contributed by atoms with Gasteiger partial charge in [-0.15, -0.1) is 13.2 Å². The SMILES string of the molecule is C.C.C.C.C=CCc1ccc(OCCOC(CC)CC(C)OCCOCCOCCOCCOC)c(OC)c1.C=CCc1ccc(OCCOC(CC)CC(CC(CC(C)OCCOc2ccc(CCC[Si](C)(C)O[Si](C)(C)O[Si](C)(C)C)cc2OC)OCCOCCOCCOCCOC)OCCOc2ccc(CCC[Si](OC)(OC)OC)cc2OC)c(OC)c1.C[SiH](C)O[Si](C)(C)O[Si](C)(C)C. The van der Waals surface area contributed by atoms with E-state index in [0.717, 1.165) is 92.0 Å². The molecule has 4 aromatic carbocycles. The van der Waals surface area contributed by atoms with Crippen LogP contribution in [0.15, 0.2) is 98.1 Å². The zero-order chi connectivity index (χ0) is 100. The Bertz CT molecular complexity index is 3610. The molecule has 0 radical (unpaired) electrons. The molecule has 0 heterocycles. The third-order valence-electron chi connectivity index (χ3n) is 20.5. The second-order valence-electron chi connectivity index (χ2n) is 36.3. The molecule has 0 aliphatic carbocycles. The van der Waals surface area contributed by atoms with Crippen LogP contribution in [0.1, 0.15) is 131 Å². The second kappa shape index (κ2) is 81.5. The van der Waals surface area contributed by atoms with Crippen molar-refractivity contribution in [2.45, 2.75) is 275 Å². The lowest BCUT2D eigenvalue weighted by Gasteiger charge is -2.37. The minimum atomic E-state index is -2.68. The maximum Gasteiger partial charge on any atom is 0.500 e. The van der Waals surface area contributed by atoms with Gasteiger partial charge in [-0.1, -0.05) is 80.0 Å². The summed E-state index contributed by atoms with van der Waals surface area (Å²) in [7, 11) is 2.20. The van der Waals surface area contributed by atoms with Crippen molar-refractivity contribution >= 4 is 59.9 Å². The highest BCUT2D eigenvalue weighted by Crippen LogP contribution is 2.35. The van der Waals surface area contributed by atoms with Crippen LogP contribution in [0.2, 0.25) is 104 Å². The van der Waals surface area contributed by atoms with Crippen molar-refractivity contribution in [3.05, 3.63) is 120 Å². The Kier molecular flexibility index (Phi) is 81.3. The minimum absolute atomic E-state index is 0. The summed E-state index contributed by atoms with van der Waals surface area (Å²) in [6.07, 6.45) is 12.4. The molecule has 4 aromatic rings. The summed E-state index contributed by atoms with van der Waals surface area (Å²) in [5.74, 6) is 5.40. The molecule has 0 fully saturated rings. The predicted molar refractivity (Wildman–Crippen MR) is 582 cm³/mol. The van der Waals surface area contributed by atoms with Crippen LogP contribution < -0.4 is 37.9 Å². The van der Waals surface area contributed by atoms with Gasteiger partial charge in [-0.25, -0.2) is 0 Å². The molecular weight excluding hydrogens is 1900 g/mol. The van der Waals surface area contributed by atoms with Crippen molar-refractivity contribution in [2.24, 2.45) is 0 Å². The van der Waals surface area contributed by atoms with E-state index in [0.29, 0.717) is 212 Å². The zero-order valence-corrected chi connectivity index (χ0v) is 95.4. The average Bonchev–Trinajstić information content (AvgIpc) is 0.844. The van der Waals surface area contributed by atoms with Crippen molar-refractivity contribution in [2.75, 3.05) is 223 Å². The highest BCUT2D eigenvalue weighted by molar-refractivity contribution is 6.87. The van der Waals surface area contributed by atoms with E-state index >= 15 is 0 Å². The highest BCUT2D eigenvalue weighted by Gasteiger charge is 2.39. The van der Waals surface area contributed by atoms with Gasteiger partial charge >= 0.3 is 25.9 Å². The third kappa shape index (κ3) is 68.5. The van der Waals surface area contributed by atoms with Crippen molar-refractivity contribution in [3.63, 3.8) is 0 Å². The van der Waals surface area contributed by atoms with Gasteiger partial charge in [-0.05, 0) is 259 Å². The topological polar surface area (TPSA) is 268 Å². The molecule has 0 saturated heterocycles. The molecular formula is C103H198O29Si7. The fourth-order valence-corrected chi connectivity index (χ4v) is 40.9. The monoisotopic (exact) mass is 2100 g/mol. The first-order valence-corrected chi connectivity index (χ1v) is 68.7. The van der Waals surface area contributed by atoms with Crippen molar-refractivity contribution in [3.8, 4) is 46.0 Å². The zero-order valence-electron chi connectivity index (χ0n) is 88.2. The first kappa shape index (κ1) is 139. The van der Waals surface area contributed by atoms with Gasteiger partial charge in [0.1, 0.15) is 26.4 Å². The van der Waals surface area contributed by atoms with Crippen LogP contribution in [0.3, 0.4) is 0 Å². The number of rotatable bonds is 83. The molecule has 139 heavy (non-hydrogen) atoms. The normalized spacial score (nSPS) is 13.1. The lowest BCUT2D eigenvalue weighted by molar-refractivity contribution is -0.0792. The number of hydrogen-bond acceptors (Lipinski definition) is 29. The molecule has 0 aromatic heterocycles. The first-order valence-electron chi connectivity index (χ1n) is 48.4. The summed E-state index contributed by atoms with van der Waals surface area (Å²) < 4.78 is 171. The Balaban J connectivity index is -0.00000298. The van der Waals surface area contributed by atoms with Crippen LogP contribution in [0, 0.1) is 0 Å². The van der Waals surface area contributed by atoms with E-state index in [2.05, 4.69) is 151 Å². The van der Waals surface area contributed by atoms with Crippen LogP contribution in [0.4, 0.5) is 0 Å². The van der Waals surface area contributed by atoms with E-state index in [9.17, 15) is 0 Å². The molecule has 29 nitrogen and oxygen atoms in total. The van der Waals surface area contributed by atoms with Gasteiger partial charge in [0.15, 0.2) is 80.0 Å². The Morgan fingerprint density at radius 3 is 0.928 bits per heavy atom. The molecule has 6 atom stereocenters. The van der Waals surface area contributed by atoms with Crippen LogP contribution in [0.25, 0.3) is 0 Å². The lowest BCUT2D eigenvalue weighted by atomic mass is 10.00. The molecule has 36 heteroatoms. The number of allylic oxidation sites excluding steroid dienone is 2. The van der Waals surface area contributed by atoms with Crippen molar-refractivity contribution in [1.29, 1.82) is 0 Å². The van der Waals surface area contributed by atoms with Gasteiger partial charge in [0.2, 0.25) is 0 Å². The van der Waals surface area contributed by atoms with E-state index < -0.39 is 59.9 Å². The molecule has 0 bridgehead atoms. The number of aryl methyl sites for hydroxylation is 2. The molecule has 812 valence electrons. The van der Waals surface area contributed by atoms with E-state index in [1.54, 1.807) is 64.0 Å². The summed E-state index contributed by atoms with van der Waals surface area (Å²) in [5.41, 5.74) is 4.53. The Morgan fingerprint density at radius 2 is 0.597 bits per heavy atom. The van der Waals surface area contributed by atoms with E-state index in [-0.39, 0.29) is 72.9 Å². The number of ether oxygens (including phenoxy) is 22. The lowest BCUT2D eigenvalue weighted by Crippen LogP contribution is -2.51. The maximum absolute atomic E-state index is 6.76. The number of benzene rings is 4. The van der Waals surface area contributed by atoms with Crippen LogP contribution in [-0.4, -0.2) is 319 Å². The van der Waals surface area contributed by atoms with Gasteiger partial charge < -0.3 is 134 Å². The van der Waals surface area contributed by atoms with Crippen molar-refractivity contribution in [1.82, 2.24) is 0 Å². The molecule has 0 aliphatic heterocycles. The number of hydrogen-bond donors (Lipinski definition) is 0. The van der Waals surface area contributed by atoms with E-state index in [1.165, 1.54) is 5.56 Å². The van der Waals surface area contributed by atoms with Gasteiger partial charge in [-0.3, -0.25) is 0 Å². The summed E-state index contributed by atoms with van der Waals surface area (Å²) >= 11 is 0. The third-order valence-corrected chi connectivity index (χ3v) is 42.0. The van der Waals surface area contributed by atoms with Crippen molar-refractivity contribution < 1.29 is 134 Å². The molecule has 0 saturated carbocycles. The largest absolute Gasteiger partial charge is 0.500 e. The summed E-state index contributed by atoms with van der Waals surface area (Å²) in [4.78, 5) is 0. The maximum atomic E-state index is 6.76. The molecule has 6 unspecified atom stereocenters. The molecule has 4 rings (SSSR count). The smallest absolute Gasteiger partial charge is 0.493 e. The van der Waals surface area contributed by atoms with Gasteiger partial charge in [0.25, 0.3) is 0 Å². The quantitative estimate of drug-likeness (QED) is 0.0226. The Hall–Kier alpha value is -4.56. The molecule has 0 N–H and O–H groups in total. The van der Waals surface area contributed by atoms with Gasteiger partial charge in [-0.2, -0.15) is 0 Å². The summed E-state index contributed by atoms with van der Waals surface area (Å²) in [6.45, 7) is 58.1. The predicted octanol–water partition coefficient (Wildman–Crippen LogP) is 21.5. The Morgan fingerprint density at radius 1 is 0.317 bits per heavy atom. The van der Waals surface area contributed by atoms with Crippen LogP contribution in [0.5, 0.6) is 46.0 Å². The van der Waals surface area contributed by atoms with E-state index in [4.69, 9.17) is 134 Å². The minimum Gasteiger partial charge on any atom is -0.493 e. The van der Waals surface area contributed by atoms with Gasteiger partial charge in [0, 0.05) is 41.6 Å². The number of methoxy groups -OCH3 is 6. The molecule has 0 amide bonds. The van der Waals surface area contributed by atoms with Crippen LogP contribution >= 0.6 is 0 Å². The fraction of sp³-hybridized carbons (Fsp3) is 0.728. The van der Waals surface area contributed by atoms with Crippen LogP contribution in [-0.2, 0) is 122 Å². The first-order chi connectivity index (χ1) is 64.4. The fourth-order valence-electron chi connectivity index (χ4n) is 14.9. The average molecular weight is 2100 g/mol. The summed E-state index contributed by atoms with van der Waals surface area (Å²) in [5, 5.41) is 0. The molecule has 0 spiro atoms. The molecule has 0 aliphatic rings. The standard InChI is InChI=1S/C65H114O19Si4.C27H46O8.C7H22O2Si3.4CH4/c1-18-22-54-25-28-60(63(48-54)67-5)81-43-40-77-57(19-2)51-59(79-41-44-82-62-30-27-56(50-65(62)69-7)24-21-46-88(70-8,71-9)72-10)52-58(78-38-37-75-36-35-74-34-33-73-32-31-66-4)47-53(3)76-39-42-80-61-29-26-55(49-64(61)68-6)23-20-45-86(14,15)84-87(16,17)83-85(11,12)13;1-6-8-24-9-10-26(27(22-24)29-5)35-20-19-34-25(7-2)21-23(3)33-18-17-32-16-15-31-14-13-30-12-11-28-4;1-10(2)8-12(6,7)9-11(3,4)5;;;;/h18,25-30,48-50,53,57-59H,1,19-24,31-47,51-52H2,2-17H3;6,9-10,22-23,25H,1,7-8,11-21H2,2-5H3;10H,1-7H3;4*1H4. The Labute approximate surface area is 852 Å². The van der Waals surface area contributed by atoms with E-state index in [1.807, 2.05) is 66.7 Å². The summed E-state index contributed by atoms with van der Waals surface area (Å²) in [6, 6.07) is 25.8.